The standard InChI is InChI=1S/C11H10N2O/c1-9-12-5-6-13(9)11-4-2-3-10(7-11)8-14/h2-8H,1H3. The highest BCUT2D eigenvalue weighted by atomic mass is 16.1. The Bertz CT molecular complexity index is 460. The average molecular weight is 186 g/mol. The van der Waals surface area contributed by atoms with Crippen LogP contribution in [0.1, 0.15) is 16.2 Å². The van der Waals surface area contributed by atoms with Crippen molar-refractivity contribution in [3.63, 3.8) is 0 Å². The van der Waals surface area contributed by atoms with Gasteiger partial charge in [-0.25, -0.2) is 4.98 Å². The Labute approximate surface area is 82.0 Å². The molecule has 0 saturated heterocycles. The van der Waals surface area contributed by atoms with E-state index in [4.69, 9.17) is 0 Å². The summed E-state index contributed by atoms with van der Waals surface area (Å²) in [4.78, 5) is 14.7. The number of imidazole rings is 1. The van der Waals surface area contributed by atoms with E-state index in [2.05, 4.69) is 4.98 Å². The molecule has 1 aromatic heterocycles. The minimum absolute atomic E-state index is 0.676. The first-order valence-corrected chi connectivity index (χ1v) is 4.37. The van der Waals surface area contributed by atoms with Crippen LogP contribution in [0, 0.1) is 6.92 Å². The van der Waals surface area contributed by atoms with Crippen LogP contribution in [0.3, 0.4) is 0 Å². The molecule has 2 rings (SSSR count). The quantitative estimate of drug-likeness (QED) is 0.672. The third kappa shape index (κ3) is 1.44. The van der Waals surface area contributed by atoms with Crippen LogP contribution in [0.4, 0.5) is 0 Å². The molecule has 2 aromatic rings. The van der Waals surface area contributed by atoms with E-state index in [1.807, 2.05) is 35.9 Å². The predicted octanol–water partition coefficient (Wildman–Crippen LogP) is 1.99. The number of nitrogens with zero attached hydrogens (tertiary/aromatic N) is 2. The molecule has 1 heterocycles. The van der Waals surface area contributed by atoms with Gasteiger partial charge in [-0.05, 0) is 19.1 Å². The van der Waals surface area contributed by atoms with Crippen LogP contribution in [0.2, 0.25) is 0 Å². The second kappa shape index (κ2) is 3.46. The van der Waals surface area contributed by atoms with Crippen molar-refractivity contribution in [2.45, 2.75) is 6.92 Å². The molecule has 70 valence electrons. The molecule has 0 N–H and O–H groups in total. The van der Waals surface area contributed by atoms with Crippen LogP contribution >= 0.6 is 0 Å². The molecule has 0 fully saturated rings. The van der Waals surface area contributed by atoms with Gasteiger partial charge in [0.2, 0.25) is 0 Å². The van der Waals surface area contributed by atoms with Gasteiger partial charge in [-0.1, -0.05) is 12.1 Å². The van der Waals surface area contributed by atoms with E-state index in [1.54, 1.807) is 12.3 Å². The van der Waals surface area contributed by atoms with Gasteiger partial charge in [-0.2, -0.15) is 0 Å². The van der Waals surface area contributed by atoms with E-state index in [0.29, 0.717) is 5.56 Å². The van der Waals surface area contributed by atoms with Gasteiger partial charge in [-0.15, -0.1) is 0 Å². The summed E-state index contributed by atoms with van der Waals surface area (Å²) in [7, 11) is 0. The summed E-state index contributed by atoms with van der Waals surface area (Å²) >= 11 is 0. The van der Waals surface area contributed by atoms with Crippen molar-refractivity contribution in [2.24, 2.45) is 0 Å². The van der Waals surface area contributed by atoms with Gasteiger partial charge in [0.1, 0.15) is 12.1 Å². The van der Waals surface area contributed by atoms with E-state index in [1.165, 1.54) is 0 Å². The molecule has 1 aromatic carbocycles. The lowest BCUT2D eigenvalue weighted by Gasteiger charge is -2.04. The predicted molar refractivity (Wildman–Crippen MR) is 53.7 cm³/mol. The molecular weight excluding hydrogens is 176 g/mol. The lowest BCUT2D eigenvalue weighted by molar-refractivity contribution is 0.112. The summed E-state index contributed by atoms with van der Waals surface area (Å²) in [6.45, 7) is 1.92. The third-order valence-electron chi connectivity index (χ3n) is 2.11. The fraction of sp³-hybridized carbons (Fsp3) is 0.0909. The van der Waals surface area contributed by atoms with Crippen molar-refractivity contribution < 1.29 is 4.79 Å². The van der Waals surface area contributed by atoms with Gasteiger partial charge in [0.25, 0.3) is 0 Å². The van der Waals surface area contributed by atoms with Gasteiger partial charge < -0.3 is 4.57 Å². The lowest BCUT2D eigenvalue weighted by atomic mass is 10.2. The number of carbonyl (C=O) groups is 1. The van der Waals surface area contributed by atoms with Crippen molar-refractivity contribution >= 4 is 6.29 Å². The molecule has 0 saturated carbocycles. The number of hydrogen-bond acceptors (Lipinski definition) is 2. The second-order valence-electron chi connectivity index (χ2n) is 3.06. The highest BCUT2D eigenvalue weighted by Gasteiger charge is 2.00. The van der Waals surface area contributed by atoms with Crippen LogP contribution in [0.15, 0.2) is 36.7 Å². The third-order valence-corrected chi connectivity index (χ3v) is 2.11. The molecule has 3 nitrogen and oxygen atoms in total. The Kier molecular flexibility index (Phi) is 2.14. The minimum Gasteiger partial charge on any atom is -0.304 e. The number of carbonyl (C=O) groups excluding carboxylic acids is 1. The first-order valence-electron chi connectivity index (χ1n) is 4.37. The maximum Gasteiger partial charge on any atom is 0.150 e. The monoisotopic (exact) mass is 186 g/mol. The van der Waals surface area contributed by atoms with Crippen molar-refractivity contribution in [1.29, 1.82) is 0 Å². The van der Waals surface area contributed by atoms with E-state index < -0.39 is 0 Å². The van der Waals surface area contributed by atoms with Crippen LogP contribution < -0.4 is 0 Å². The molecule has 0 aliphatic heterocycles. The highest BCUT2D eigenvalue weighted by Crippen LogP contribution is 2.11. The normalized spacial score (nSPS) is 10.1. The molecular formula is C11H10N2O. The van der Waals surface area contributed by atoms with Crippen LogP contribution in [-0.4, -0.2) is 15.8 Å². The summed E-state index contributed by atoms with van der Waals surface area (Å²) in [6.07, 6.45) is 4.46. The van der Waals surface area contributed by atoms with Gasteiger partial charge in [0.05, 0.1) is 0 Å². The molecule has 0 amide bonds. The zero-order chi connectivity index (χ0) is 9.97. The zero-order valence-electron chi connectivity index (χ0n) is 7.84. The molecule has 14 heavy (non-hydrogen) atoms. The summed E-state index contributed by atoms with van der Waals surface area (Å²) < 4.78 is 1.94. The van der Waals surface area contributed by atoms with Crippen molar-refractivity contribution in [3.8, 4) is 5.69 Å². The number of rotatable bonds is 2. The molecule has 0 spiro atoms. The van der Waals surface area contributed by atoms with Crippen molar-refractivity contribution in [2.75, 3.05) is 0 Å². The lowest BCUT2D eigenvalue weighted by Crippen LogP contribution is -1.95. The molecule has 0 aliphatic carbocycles. The number of hydrogen-bond donors (Lipinski definition) is 0. The number of benzene rings is 1. The number of aryl methyl sites for hydroxylation is 1. The fourth-order valence-electron chi connectivity index (χ4n) is 1.40. The molecule has 0 unspecified atom stereocenters. The maximum absolute atomic E-state index is 10.6. The minimum atomic E-state index is 0.676. The van der Waals surface area contributed by atoms with Gasteiger partial charge >= 0.3 is 0 Å². The van der Waals surface area contributed by atoms with Crippen LogP contribution in [0.5, 0.6) is 0 Å². The maximum atomic E-state index is 10.6. The van der Waals surface area contributed by atoms with Crippen LogP contribution in [0.25, 0.3) is 5.69 Å². The van der Waals surface area contributed by atoms with Gasteiger partial charge in [0.15, 0.2) is 0 Å². The molecule has 0 atom stereocenters. The SMILES string of the molecule is Cc1nccn1-c1cccc(C=O)c1. The van der Waals surface area contributed by atoms with E-state index in [9.17, 15) is 4.79 Å². The molecule has 0 bridgehead atoms. The highest BCUT2D eigenvalue weighted by molar-refractivity contribution is 5.75. The Hall–Kier alpha value is -1.90. The van der Waals surface area contributed by atoms with E-state index in [0.717, 1.165) is 17.8 Å². The molecule has 0 aliphatic rings. The van der Waals surface area contributed by atoms with E-state index in [-0.39, 0.29) is 0 Å². The number of aldehydes is 1. The van der Waals surface area contributed by atoms with Crippen molar-refractivity contribution in [1.82, 2.24) is 9.55 Å². The average Bonchev–Trinajstić information content (AvgIpc) is 2.65. The van der Waals surface area contributed by atoms with Gasteiger partial charge in [0, 0.05) is 23.6 Å². The van der Waals surface area contributed by atoms with Crippen LogP contribution in [-0.2, 0) is 0 Å². The van der Waals surface area contributed by atoms with E-state index >= 15 is 0 Å². The summed E-state index contributed by atoms with van der Waals surface area (Å²) in [5.74, 6) is 0.910. The zero-order valence-corrected chi connectivity index (χ0v) is 7.84. The second-order valence-corrected chi connectivity index (χ2v) is 3.06. The molecule has 3 heteroatoms. The molecule has 0 radical (unpaired) electrons. The first-order chi connectivity index (χ1) is 6.81. The Morgan fingerprint density at radius 2 is 2.29 bits per heavy atom. The smallest absolute Gasteiger partial charge is 0.150 e. The summed E-state index contributed by atoms with van der Waals surface area (Å²) in [5.41, 5.74) is 1.64. The Morgan fingerprint density at radius 1 is 1.43 bits per heavy atom. The first kappa shape index (κ1) is 8.69. The Morgan fingerprint density at radius 3 is 2.93 bits per heavy atom. The summed E-state index contributed by atoms with van der Waals surface area (Å²) in [6, 6.07) is 7.42. The topological polar surface area (TPSA) is 34.9 Å². The summed E-state index contributed by atoms with van der Waals surface area (Å²) in [5, 5.41) is 0. The van der Waals surface area contributed by atoms with Crippen molar-refractivity contribution in [3.05, 3.63) is 48.0 Å². The largest absolute Gasteiger partial charge is 0.304 e. The number of aromatic nitrogens is 2. The van der Waals surface area contributed by atoms with Gasteiger partial charge in [-0.3, -0.25) is 4.79 Å². The fourth-order valence-corrected chi connectivity index (χ4v) is 1.40. The Balaban J connectivity index is 2.52.